The minimum absolute atomic E-state index is 1.10. The molecule has 57 heavy (non-hydrogen) atoms. The molecule has 0 atom stereocenters. The summed E-state index contributed by atoms with van der Waals surface area (Å²) in [5, 5.41) is 5.49. The normalized spacial score (nSPS) is 12.7. The van der Waals surface area contributed by atoms with Gasteiger partial charge in [-0.2, -0.15) is 0 Å². The molecule has 0 unspecified atom stereocenters. The molecule has 3 heteroatoms. The molecule has 10 rings (SSSR count). The molecule has 0 saturated carbocycles. The van der Waals surface area contributed by atoms with Crippen molar-refractivity contribution >= 4 is 62.9 Å². The summed E-state index contributed by atoms with van der Waals surface area (Å²) < 4.78 is 0. The fraction of sp³-hybridized carbons (Fsp3) is 0. The van der Waals surface area contributed by atoms with Crippen molar-refractivity contribution in [2.45, 2.75) is 0 Å². The maximum atomic E-state index is 2.49. The molecular formula is C54H40N2Si. The minimum Gasteiger partial charge on any atom is -0.311 e. The summed E-state index contributed by atoms with van der Waals surface area (Å²) in [5.74, 6) is 0. The van der Waals surface area contributed by atoms with Gasteiger partial charge < -0.3 is 9.80 Å². The highest BCUT2D eigenvalue weighted by molar-refractivity contribution is 7.21. The second kappa shape index (κ2) is 14.8. The van der Waals surface area contributed by atoms with Gasteiger partial charge >= 0.3 is 0 Å². The van der Waals surface area contributed by atoms with Gasteiger partial charge in [-0.05, 0) is 97.6 Å². The highest BCUT2D eigenvalue weighted by Gasteiger charge is 2.49. The largest absolute Gasteiger partial charge is 0.311 e. The number of para-hydroxylation sites is 2. The molecule has 0 bridgehead atoms. The molecule has 2 nitrogen and oxygen atoms in total. The first-order chi connectivity index (χ1) is 28.3. The van der Waals surface area contributed by atoms with Crippen LogP contribution in [0.2, 0.25) is 0 Å². The smallest absolute Gasteiger partial charge is 0.184 e. The zero-order valence-electron chi connectivity index (χ0n) is 31.5. The van der Waals surface area contributed by atoms with E-state index in [4.69, 9.17) is 0 Å². The zero-order chi connectivity index (χ0) is 38.0. The maximum absolute atomic E-state index is 2.82. The van der Waals surface area contributed by atoms with E-state index in [9.17, 15) is 0 Å². The maximum Gasteiger partial charge on any atom is 0.184 e. The van der Waals surface area contributed by atoms with E-state index < -0.39 is 8.07 Å². The van der Waals surface area contributed by atoms with Crippen LogP contribution in [0.25, 0.3) is 22.3 Å². The van der Waals surface area contributed by atoms with E-state index in [2.05, 4.69) is 252 Å². The fourth-order valence-electron chi connectivity index (χ4n) is 8.76. The van der Waals surface area contributed by atoms with E-state index in [-0.39, 0.29) is 0 Å². The summed E-state index contributed by atoms with van der Waals surface area (Å²) in [7, 11) is -2.82. The predicted octanol–water partition coefficient (Wildman–Crippen LogP) is 11.7. The molecule has 270 valence electrons. The van der Waals surface area contributed by atoms with Gasteiger partial charge in [0.25, 0.3) is 0 Å². The Balaban J connectivity index is 1.22. The highest BCUT2D eigenvalue weighted by Crippen LogP contribution is 2.43. The monoisotopic (exact) mass is 744 g/mol. The van der Waals surface area contributed by atoms with Gasteiger partial charge in [0, 0.05) is 34.1 Å². The predicted molar refractivity (Wildman–Crippen MR) is 244 cm³/mol. The lowest BCUT2D eigenvalue weighted by Gasteiger charge is -2.45. The third-order valence-corrected chi connectivity index (χ3v) is 16.2. The summed E-state index contributed by atoms with van der Waals surface area (Å²) in [6, 6.07) is 88.8. The van der Waals surface area contributed by atoms with Gasteiger partial charge in [0.15, 0.2) is 8.07 Å². The molecule has 0 amide bonds. The first kappa shape index (κ1) is 34.3. The topological polar surface area (TPSA) is 6.48 Å². The van der Waals surface area contributed by atoms with E-state index in [0.717, 1.165) is 22.7 Å². The first-order valence-electron chi connectivity index (χ1n) is 19.6. The van der Waals surface area contributed by atoms with Crippen LogP contribution in [0, 0.1) is 0 Å². The summed E-state index contributed by atoms with van der Waals surface area (Å²) in [4.78, 5) is 4.89. The van der Waals surface area contributed by atoms with Crippen molar-refractivity contribution in [3.05, 3.63) is 243 Å². The van der Waals surface area contributed by atoms with Gasteiger partial charge in [0.2, 0.25) is 0 Å². The van der Waals surface area contributed by atoms with E-state index in [1.54, 1.807) is 0 Å². The highest BCUT2D eigenvalue weighted by atomic mass is 28.3. The van der Waals surface area contributed by atoms with Crippen LogP contribution in [0.1, 0.15) is 0 Å². The van der Waals surface area contributed by atoms with Crippen molar-refractivity contribution in [3.8, 4) is 22.3 Å². The molecule has 0 spiro atoms. The van der Waals surface area contributed by atoms with Crippen molar-refractivity contribution in [1.29, 1.82) is 0 Å². The van der Waals surface area contributed by atoms with Crippen LogP contribution in [-0.2, 0) is 0 Å². The lowest BCUT2D eigenvalue weighted by molar-refractivity contribution is 1.25. The van der Waals surface area contributed by atoms with Gasteiger partial charge in [0.1, 0.15) is 0 Å². The Morgan fingerprint density at radius 3 is 1.19 bits per heavy atom. The molecule has 1 aliphatic heterocycles. The van der Waals surface area contributed by atoms with Crippen molar-refractivity contribution in [3.63, 3.8) is 0 Å². The van der Waals surface area contributed by atoms with Crippen LogP contribution < -0.4 is 30.5 Å². The van der Waals surface area contributed by atoms with Crippen LogP contribution >= 0.6 is 0 Å². The molecule has 0 saturated heterocycles. The molecule has 9 aromatic rings. The van der Waals surface area contributed by atoms with Crippen molar-refractivity contribution in [2.24, 2.45) is 0 Å². The second-order valence-electron chi connectivity index (χ2n) is 14.5. The Bertz CT molecular complexity index is 2630. The number of fused-ring (bicyclic) bond motifs is 2. The van der Waals surface area contributed by atoms with Crippen LogP contribution in [0.5, 0.6) is 0 Å². The van der Waals surface area contributed by atoms with Crippen molar-refractivity contribution in [2.75, 3.05) is 9.80 Å². The number of rotatable bonds is 8. The van der Waals surface area contributed by atoms with Gasteiger partial charge in [0.05, 0.1) is 0 Å². The van der Waals surface area contributed by atoms with Crippen LogP contribution in [0.15, 0.2) is 243 Å². The molecular weight excluding hydrogens is 705 g/mol. The van der Waals surface area contributed by atoms with Gasteiger partial charge in [-0.25, -0.2) is 0 Å². The second-order valence-corrected chi connectivity index (χ2v) is 18.3. The van der Waals surface area contributed by atoms with Gasteiger partial charge in [-0.1, -0.05) is 188 Å². The minimum atomic E-state index is -2.82. The number of anilines is 6. The van der Waals surface area contributed by atoms with Crippen LogP contribution in [0.3, 0.4) is 0 Å². The molecule has 0 N–H and O–H groups in total. The molecule has 0 aromatic heterocycles. The number of hydrogen-bond acceptors (Lipinski definition) is 2. The lowest BCUT2D eigenvalue weighted by atomic mass is 10.0. The third-order valence-electron chi connectivity index (χ3n) is 11.3. The summed E-state index contributed by atoms with van der Waals surface area (Å²) in [6.45, 7) is 0. The van der Waals surface area contributed by atoms with Crippen LogP contribution in [-0.4, -0.2) is 8.07 Å². The van der Waals surface area contributed by atoms with Crippen molar-refractivity contribution < 1.29 is 0 Å². The molecule has 1 heterocycles. The van der Waals surface area contributed by atoms with E-state index in [0.29, 0.717) is 0 Å². The Morgan fingerprint density at radius 2 is 0.684 bits per heavy atom. The molecule has 1 aliphatic rings. The van der Waals surface area contributed by atoms with E-state index in [1.165, 1.54) is 54.4 Å². The van der Waals surface area contributed by atoms with E-state index >= 15 is 0 Å². The Hall–Kier alpha value is -7.20. The standard InChI is InChI=1S/C54H40N2Si/c1-6-18-41(19-7-1)43-30-34-46(35-31-43)55(47-36-32-44(33-37-47)42-20-8-2-9-21-42)48-38-39-54-52(40-48)56(45-22-10-3-11-23-45)51-28-16-17-29-53(51)57(54,49-24-12-4-13-25-49)50-26-14-5-15-27-50/h1-40H. The quantitative estimate of drug-likeness (QED) is 0.143. The average Bonchev–Trinajstić information content (AvgIpc) is 3.30. The van der Waals surface area contributed by atoms with Crippen molar-refractivity contribution in [1.82, 2.24) is 0 Å². The molecule has 0 radical (unpaired) electrons. The third kappa shape index (κ3) is 6.06. The number of benzene rings is 9. The Morgan fingerprint density at radius 1 is 0.298 bits per heavy atom. The first-order valence-corrected chi connectivity index (χ1v) is 21.6. The zero-order valence-corrected chi connectivity index (χ0v) is 32.5. The van der Waals surface area contributed by atoms with E-state index in [1.807, 2.05) is 0 Å². The SMILES string of the molecule is c1ccc(-c2ccc(N(c3ccc(-c4ccccc4)cc3)c3ccc4c(c3)N(c3ccccc3)c3ccccc3[Si]4(c3ccccc3)c3ccccc3)cc2)cc1. The average molecular weight is 745 g/mol. The summed E-state index contributed by atoms with van der Waals surface area (Å²) in [6.07, 6.45) is 0. The summed E-state index contributed by atoms with van der Waals surface area (Å²) >= 11 is 0. The molecule has 0 aliphatic carbocycles. The lowest BCUT2D eigenvalue weighted by Crippen LogP contribution is -2.77. The molecule has 9 aromatic carbocycles. The fourth-order valence-corrected chi connectivity index (χ4v) is 13.8. The Labute approximate surface area is 336 Å². The Kier molecular flexibility index (Phi) is 8.90. The summed E-state index contributed by atoms with van der Waals surface area (Å²) in [5.41, 5.74) is 11.6. The van der Waals surface area contributed by atoms with Gasteiger partial charge in [-0.3, -0.25) is 0 Å². The molecule has 0 fully saturated rings. The number of hydrogen-bond donors (Lipinski definition) is 0. The van der Waals surface area contributed by atoms with Crippen LogP contribution in [0.4, 0.5) is 34.1 Å². The van der Waals surface area contributed by atoms with Gasteiger partial charge in [-0.15, -0.1) is 0 Å². The number of nitrogens with zero attached hydrogens (tertiary/aromatic N) is 2.